The number of hydrogen-bond donors (Lipinski definition) is 2. The molecule has 7 nitrogen and oxygen atoms in total. The number of rotatable bonds is 5. The maximum Gasteiger partial charge on any atom is 0.312 e. The van der Waals surface area contributed by atoms with Crippen molar-refractivity contribution in [3.05, 3.63) is 23.5 Å². The summed E-state index contributed by atoms with van der Waals surface area (Å²) in [4.78, 5) is 9.06. The molecular formula is C13H20N6O. The third-order valence-electron chi connectivity index (χ3n) is 2.77. The highest BCUT2D eigenvalue weighted by Crippen LogP contribution is 2.19. The summed E-state index contributed by atoms with van der Waals surface area (Å²) in [5.41, 5.74) is 6.39. The first-order valence-corrected chi connectivity index (χ1v) is 6.66. The molecule has 7 heteroatoms. The zero-order chi connectivity index (χ0) is 14.7. The van der Waals surface area contributed by atoms with Crippen molar-refractivity contribution >= 4 is 11.8 Å². The van der Waals surface area contributed by atoms with Crippen LogP contribution in [-0.4, -0.2) is 20.2 Å². The van der Waals surface area contributed by atoms with E-state index in [0.717, 1.165) is 17.3 Å². The van der Waals surface area contributed by atoms with Crippen molar-refractivity contribution in [2.24, 2.45) is 0 Å². The minimum absolute atomic E-state index is 0.0650. The molecule has 3 N–H and O–H groups in total. The lowest BCUT2D eigenvalue weighted by molar-refractivity contribution is 0.519. The lowest BCUT2D eigenvalue weighted by atomic mass is 10.1. The van der Waals surface area contributed by atoms with Crippen LogP contribution in [0.3, 0.4) is 0 Å². The number of nitrogens with two attached hydrogens (primary N) is 1. The third-order valence-corrected chi connectivity index (χ3v) is 2.77. The standard InChI is InChI=1S/C13H20N6O/c1-7(2)9-5-10(17-12(16-9)8(3)4)15-6-11-18-19-13(14)20-11/h5,7-8H,6H2,1-4H3,(H2,14,19)(H,15,16,17). The summed E-state index contributed by atoms with van der Waals surface area (Å²) in [5.74, 6) is 2.62. The SMILES string of the molecule is CC(C)c1cc(NCc2nnc(N)o2)nc(C(C)C)n1. The largest absolute Gasteiger partial charge is 0.406 e. The van der Waals surface area contributed by atoms with Gasteiger partial charge in [-0.05, 0) is 5.92 Å². The van der Waals surface area contributed by atoms with E-state index in [9.17, 15) is 0 Å². The van der Waals surface area contributed by atoms with Gasteiger partial charge < -0.3 is 15.5 Å². The smallest absolute Gasteiger partial charge is 0.312 e. The molecular weight excluding hydrogens is 256 g/mol. The number of anilines is 2. The molecule has 0 aliphatic heterocycles. The Hall–Kier alpha value is -2.18. The van der Waals surface area contributed by atoms with Gasteiger partial charge in [0.1, 0.15) is 11.6 Å². The van der Waals surface area contributed by atoms with Gasteiger partial charge in [-0.3, -0.25) is 0 Å². The minimum Gasteiger partial charge on any atom is -0.406 e. The predicted octanol–water partition coefficient (Wildman–Crippen LogP) is 2.30. The fourth-order valence-electron chi connectivity index (χ4n) is 1.63. The molecule has 20 heavy (non-hydrogen) atoms. The van der Waals surface area contributed by atoms with Crippen molar-refractivity contribution in [2.75, 3.05) is 11.1 Å². The second-order valence-corrected chi connectivity index (χ2v) is 5.23. The third kappa shape index (κ3) is 3.43. The molecule has 0 atom stereocenters. The quantitative estimate of drug-likeness (QED) is 0.863. The zero-order valence-corrected chi connectivity index (χ0v) is 12.2. The van der Waals surface area contributed by atoms with Crippen LogP contribution < -0.4 is 11.1 Å². The Bertz CT molecular complexity index is 552. The van der Waals surface area contributed by atoms with E-state index < -0.39 is 0 Å². The molecule has 0 saturated carbocycles. The van der Waals surface area contributed by atoms with E-state index in [1.54, 1.807) is 0 Å². The molecule has 0 aliphatic carbocycles. The summed E-state index contributed by atoms with van der Waals surface area (Å²) in [6.45, 7) is 8.74. The highest BCUT2D eigenvalue weighted by Gasteiger charge is 2.11. The Balaban J connectivity index is 2.17. The van der Waals surface area contributed by atoms with Crippen molar-refractivity contribution < 1.29 is 4.42 Å². The van der Waals surface area contributed by atoms with E-state index in [4.69, 9.17) is 10.2 Å². The van der Waals surface area contributed by atoms with Crippen LogP contribution in [0.25, 0.3) is 0 Å². The van der Waals surface area contributed by atoms with Crippen LogP contribution >= 0.6 is 0 Å². The molecule has 0 fully saturated rings. The maximum atomic E-state index is 5.38. The van der Waals surface area contributed by atoms with Crippen LogP contribution in [0, 0.1) is 0 Å². The maximum absolute atomic E-state index is 5.38. The van der Waals surface area contributed by atoms with E-state index in [1.165, 1.54) is 0 Å². The number of nitrogens with one attached hydrogen (secondary N) is 1. The average molecular weight is 276 g/mol. The summed E-state index contributed by atoms with van der Waals surface area (Å²) in [7, 11) is 0. The molecule has 2 rings (SSSR count). The summed E-state index contributed by atoms with van der Waals surface area (Å²) in [6.07, 6.45) is 0. The number of nitrogen functional groups attached to an aromatic ring is 1. The number of hydrogen-bond acceptors (Lipinski definition) is 7. The molecule has 108 valence electrons. The fraction of sp³-hybridized carbons (Fsp3) is 0.538. The van der Waals surface area contributed by atoms with Crippen molar-refractivity contribution in [1.29, 1.82) is 0 Å². The highest BCUT2D eigenvalue weighted by atomic mass is 16.4. The molecule has 0 aromatic carbocycles. The van der Waals surface area contributed by atoms with Crippen LogP contribution in [0.1, 0.15) is 56.9 Å². The van der Waals surface area contributed by atoms with Crippen LogP contribution in [-0.2, 0) is 6.54 Å². The zero-order valence-electron chi connectivity index (χ0n) is 12.2. The van der Waals surface area contributed by atoms with Gasteiger partial charge in [0.2, 0.25) is 5.89 Å². The van der Waals surface area contributed by atoms with Gasteiger partial charge in [0.15, 0.2) is 0 Å². The molecule has 0 spiro atoms. The van der Waals surface area contributed by atoms with Gasteiger partial charge in [-0.2, -0.15) is 0 Å². The topological polar surface area (TPSA) is 103 Å². The Labute approximate surface area is 118 Å². The van der Waals surface area contributed by atoms with Gasteiger partial charge in [0.05, 0.1) is 6.54 Å². The predicted molar refractivity (Wildman–Crippen MR) is 76.2 cm³/mol. The Kier molecular flexibility index (Phi) is 4.16. The van der Waals surface area contributed by atoms with E-state index in [0.29, 0.717) is 18.4 Å². The first kappa shape index (κ1) is 14.2. The first-order chi connectivity index (χ1) is 9.45. The molecule has 0 aliphatic rings. The van der Waals surface area contributed by atoms with Crippen LogP contribution in [0.15, 0.2) is 10.5 Å². The second-order valence-electron chi connectivity index (χ2n) is 5.23. The summed E-state index contributed by atoms with van der Waals surface area (Å²) in [6, 6.07) is 2.01. The molecule has 0 unspecified atom stereocenters. The molecule has 0 saturated heterocycles. The Morgan fingerprint density at radius 3 is 2.45 bits per heavy atom. The van der Waals surface area contributed by atoms with E-state index in [1.807, 2.05) is 6.07 Å². The monoisotopic (exact) mass is 276 g/mol. The van der Waals surface area contributed by atoms with Crippen LogP contribution in [0.2, 0.25) is 0 Å². The highest BCUT2D eigenvalue weighted by molar-refractivity contribution is 5.37. The Morgan fingerprint density at radius 2 is 1.90 bits per heavy atom. The molecule has 2 aromatic rings. The van der Waals surface area contributed by atoms with Crippen molar-refractivity contribution in [3.63, 3.8) is 0 Å². The fourth-order valence-corrected chi connectivity index (χ4v) is 1.63. The van der Waals surface area contributed by atoms with Gasteiger partial charge in [0, 0.05) is 17.7 Å². The average Bonchev–Trinajstić information content (AvgIpc) is 2.81. The lowest BCUT2D eigenvalue weighted by Crippen LogP contribution is -2.08. The van der Waals surface area contributed by atoms with Crippen LogP contribution in [0.4, 0.5) is 11.8 Å². The van der Waals surface area contributed by atoms with Gasteiger partial charge in [-0.15, -0.1) is 5.10 Å². The number of nitrogens with zero attached hydrogens (tertiary/aromatic N) is 4. The van der Waals surface area contributed by atoms with Crippen molar-refractivity contribution in [2.45, 2.75) is 46.1 Å². The molecule has 2 heterocycles. The molecule has 2 aromatic heterocycles. The first-order valence-electron chi connectivity index (χ1n) is 6.66. The van der Waals surface area contributed by atoms with Crippen molar-refractivity contribution in [1.82, 2.24) is 20.2 Å². The lowest BCUT2D eigenvalue weighted by Gasteiger charge is -2.12. The van der Waals surface area contributed by atoms with Gasteiger partial charge >= 0.3 is 6.01 Å². The van der Waals surface area contributed by atoms with Gasteiger partial charge in [0.25, 0.3) is 0 Å². The minimum atomic E-state index is 0.0650. The van der Waals surface area contributed by atoms with Crippen LogP contribution in [0.5, 0.6) is 0 Å². The van der Waals surface area contributed by atoms with E-state index in [2.05, 4.69) is 53.2 Å². The molecule has 0 radical (unpaired) electrons. The summed E-state index contributed by atoms with van der Waals surface area (Å²) >= 11 is 0. The van der Waals surface area contributed by atoms with Gasteiger partial charge in [-0.1, -0.05) is 32.8 Å². The van der Waals surface area contributed by atoms with Gasteiger partial charge in [-0.25, -0.2) is 9.97 Å². The normalized spacial score (nSPS) is 11.3. The molecule has 0 bridgehead atoms. The van der Waals surface area contributed by atoms with E-state index in [-0.39, 0.29) is 11.9 Å². The number of aromatic nitrogens is 4. The Morgan fingerprint density at radius 1 is 1.15 bits per heavy atom. The van der Waals surface area contributed by atoms with E-state index >= 15 is 0 Å². The van der Waals surface area contributed by atoms with Crippen molar-refractivity contribution in [3.8, 4) is 0 Å². The summed E-state index contributed by atoms with van der Waals surface area (Å²) in [5, 5.41) is 10.6. The second kappa shape index (κ2) is 5.85. The summed E-state index contributed by atoms with van der Waals surface area (Å²) < 4.78 is 5.11. The molecule has 0 amide bonds.